The topological polar surface area (TPSA) is 40.5 Å². The molecule has 1 N–H and O–H groups in total. The molecule has 0 aromatic rings. The fraction of sp³-hybridized carbons (Fsp3) is 0.917. The van der Waals surface area contributed by atoms with Gasteiger partial charge in [-0.15, -0.1) is 12.4 Å². The summed E-state index contributed by atoms with van der Waals surface area (Å²) < 4.78 is 0. The molecule has 0 heterocycles. The predicted molar refractivity (Wildman–Crippen MR) is 68.2 cm³/mol. The van der Waals surface area contributed by atoms with Gasteiger partial charge >= 0.3 is 5.97 Å². The van der Waals surface area contributed by atoms with Crippen molar-refractivity contribution in [2.45, 2.75) is 57.9 Å². The first-order valence-electron chi connectivity index (χ1n) is 6.20. The van der Waals surface area contributed by atoms with Crippen molar-refractivity contribution in [2.75, 3.05) is 13.1 Å². The number of nitrogens with zero attached hydrogens (tertiary/aromatic N) is 1. The van der Waals surface area contributed by atoms with Crippen molar-refractivity contribution in [3.05, 3.63) is 0 Å². The van der Waals surface area contributed by atoms with Crippen molar-refractivity contribution in [1.29, 1.82) is 0 Å². The molecule has 16 heavy (non-hydrogen) atoms. The molecule has 1 fully saturated rings. The highest BCUT2D eigenvalue weighted by atomic mass is 35.5. The molecule has 4 heteroatoms. The van der Waals surface area contributed by atoms with E-state index < -0.39 is 5.97 Å². The van der Waals surface area contributed by atoms with Crippen LogP contribution in [0.15, 0.2) is 0 Å². The Hall–Kier alpha value is -0.280. The molecule has 1 saturated carbocycles. The summed E-state index contributed by atoms with van der Waals surface area (Å²) in [4.78, 5) is 12.9. The van der Waals surface area contributed by atoms with E-state index in [1.54, 1.807) is 0 Å². The van der Waals surface area contributed by atoms with Crippen LogP contribution in [0, 0.1) is 0 Å². The van der Waals surface area contributed by atoms with Crippen LogP contribution >= 0.6 is 12.4 Å². The lowest BCUT2D eigenvalue weighted by atomic mass is 10.2. The van der Waals surface area contributed by atoms with E-state index in [0.29, 0.717) is 6.42 Å². The summed E-state index contributed by atoms with van der Waals surface area (Å²) in [6, 6.07) is 0.821. The molecule has 3 nitrogen and oxygen atoms in total. The van der Waals surface area contributed by atoms with Crippen LogP contribution < -0.4 is 0 Å². The van der Waals surface area contributed by atoms with Gasteiger partial charge in [-0.1, -0.05) is 13.3 Å². The minimum absolute atomic E-state index is 0. The van der Waals surface area contributed by atoms with E-state index in [4.69, 9.17) is 5.11 Å². The van der Waals surface area contributed by atoms with Gasteiger partial charge in [0.1, 0.15) is 0 Å². The maximum atomic E-state index is 10.3. The van der Waals surface area contributed by atoms with E-state index in [1.165, 1.54) is 32.2 Å². The summed E-state index contributed by atoms with van der Waals surface area (Å²) in [6.45, 7) is 4.52. The Bertz CT molecular complexity index is 195. The second-order valence-electron chi connectivity index (χ2n) is 4.47. The second kappa shape index (κ2) is 8.82. The summed E-state index contributed by atoms with van der Waals surface area (Å²) >= 11 is 0. The lowest BCUT2D eigenvalue weighted by Gasteiger charge is -2.21. The Labute approximate surface area is 105 Å². The van der Waals surface area contributed by atoms with Crippen molar-refractivity contribution >= 4 is 18.4 Å². The van der Waals surface area contributed by atoms with E-state index in [1.807, 2.05) is 0 Å². The van der Waals surface area contributed by atoms with E-state index in [0.717, 1.165) is 25.4 Å². The summed E-state index contributed by atoms with van der Waals surface area (Å²) in [7, 11) is 0. The van der Waals surface area contributed by atoms with Crippen molar-refractivity contribution in [3.63, 3.8) is 0 Å². The molecular formula is C12H24ClNO2. The lowest BCUT2D eigenvalue weighted by Crippen LogP contribution is -2.28. The number of halogens is 1. The molecule has 0 radical (unpaired) electrons. The third kappa shape index (κ3) is 7.07. The first-order valence-corrected chi connectivity index (χ1v) is 6.20. The fourth-order valence-electron chi connectivity index (χ4n) is 1.87. The molecule has 0 atom stereocenters. The van der Waals surface area contributed by atoms with Crippen LogP contribution in [0.2, 0.25) is 0 Å². The first-order chi connectivity index (χ1) is 7.24. The van der Waals surface area contributed by atoms with Crippen LogP contribution in [0.1, 0.15) is 51.9 Å². The molecule has 1 aliphatic rings. The van der Waals surface area contributed by atoms with Gasteiger partial charge in [0.2, 0.25) is 0 Å². The maximum Gasteiger partial charge on any atom is 0.303 e. The van der Waals surface area contributed by atoms with Crippen molar-refractivity contribution in [1.82, 2.24) is 4.90 Å². The predicted octanol–water partition coefficient (Wildman–Crippen LogP) is 2.93. The normalized spacial score (nSPS) is 14.9. The van der Waals surface area contributed by atoms with Gasteiger partial charge in [-0.3, -0.25) is 4.79 Å². The molecule has 96 valence electrons. The Kier molecular flexibility index (Phi) is 8.67. The van der Waals surface area contributed by atoms with E-state index in [9.17, 15) is 4.79 Å². The van der Waals surface area contributed by atoms with Gasteiger partial charge in [-0.25, -0.2) is 0 Å². The minimum atomic E-state index is -0.665. The van der Waals surface area contributed by atoms with Crippen LogP contribution in [0.3, 0.4) is 0 Å². The standard InChI is InChI=1S/C12H23NO2.ClH/c1-2-3-9-13(11-7-8-11)10-5-4-6-12(14)15;/h11H,2-10H2,1H3,(H,14,15);1H. The zero-order valence-electron chi connectivity index (χ0n) is 10.2. The van der Waals surface area contributed by atoms with Gasteiger partial charge in [-0.2, -0.15) is 0 Å². The van der Waals surface area contributed by atoms with Crippen molar-refractivity contribution < 1.29 is 9.90 Å². The zero-order valence-corrected chi connectivity index (χ0v) is 11.0. The smallest absolute Gasteiger partial charge is 0.303 e. The third-order valence-electron chi connectivity index (χ3n) is 2.95. The number of hydrogen-bond acceptors (Lipinski definition) is 2. The Balaban J connectivity index is 0.00000225. The molecule has 0 aromatic carbocycles. The summed E-state index contributed by atoms with van der Waals surface area (Å²) in [5.74, 6) is -0.665. The van der Waals surface area contributed by atoms with Gasteiger partial charge in [0.05, 0.1) is 0 Å². The van der Waals surface area contributed by atoms with E-state index in [2.05, 4.69) is 11.8 Å². The van der Waals surface area contributed by atoms with Crippen LogP contribution in [0.25, 0.3) is 0 Å². The van der Waals surface area contributed by atoms with Gasteiger partial charge in [-0.05, 0) is 45.2 Å². The average molecular weight is 250 g/mol. The molecule has 0 saturated heterocycles. The van der Waals surface area contributed by atoms with Gasteiger partial charge in [0, 0.05) is 12.5 Å². The molecule has 0 aliphatic heterocycles. The molecule has 0 unspecified atom stereocenters. The first kappa shape index (κ1) is 15.7. The zero-order chi connectivity index (χ0) is 11.1. The van der Waals surface area contributed by atoms with Crippen LogP contribution in [0.5, 0.6) is 0 Å². The van der Waals surface area contributed by atoms with Crippen LogP contribution in [0.4, 0.5) is 0 Å². The molecule has 1 rings (SSSR count). The minimum Gasteiger partial charge on any atom is -0.481 e. The molecule has 0 bridgehead atoms. The number of unbranched alkanes of at least 4 members (excludes halogenated alkanes) is 2. The summed E-state index contributed by atoms with van der Waals surface area (Å²) in [6.07, 6.45) is 7.41. The largest absolute Gasteiger partial charge is 0.481 e. The number of rotatable bonds is 9. The van der Waals surface area contributed by atoms with Crippen molar-refractivity contribution in [2.24, 2.45) is 0 Å². The highest BCUT2D eigenvalue weighted by molar-refractivity contribution is 5.85. The quantitative estimate of drug-likeness (QED) is 0.639. The lowest BCUT2D eigenvalue weighted by molar-refractivity contribution is -0.137. The molecule has 0 amide bonds. The average Bonchev–Trinajstić information content (AvgIpc) is 3.00. The fourth-order valence-corrected chi connectivity index (χ4v) is 1.87. The Morgan fingerprint density at radius 3 is 2.38 bits per heavy atom. The van der Waals surface area contributed by atoms with Crippen LogP contribution in [-0.2, 0) is 4.79 Å². The summed E-state index contributed by atoms with van der Waals surface area (Å²) in [5.41, 5.74) is 0. The van der Waals surface area contributed by atoms with Gasteiger partial charge in [0.15, 0.2) is 0 Å². The van der Waals surface area contributed by atoms with Crippen molar-refractivity contribution in [3.8, 4) is 0 Å². The van der Waals surface area contributed by atoms with Gasteiger partial charge < -0.3 is 10.0 Å². The third-order valence-corrected chi connectivity index (χ3v) is 2.95. The number of aliphatic carboxylic acids is 1. The van der Waals surface area contributed by atoms with E-state index in [-0.39, 0.29) is 12.4 Å². The molecule has 1 aliphatic carbocycles. The highest BCUT2D eigenvalue weighted by Gasteiger charge is 2.27. The monoisotopic (exact) mass is 249 g/mol. The maximum absolute atomic E-state index is 10.3. The van der Waals surface area contributed by atoms with E-state index >= 15 is 0 Å². The number of carboxylic acids is 1. The number of hydrogen-bond donors (Lipinski definition) is 1. The van der Waals surface area contributed by atoms with Gasteiger partial charge in [0.25, 0.3) is 0 Å². The molecule has 0 aromatic heterocycles. The Morgan fingerprint density at radius 1 is 1.25 bits per heavy atom. The number of carboxylic acid groups (broad SMARTS) is 1. The van der Waals surface area contributed by atoms with Crippen LogP contribution in [-0.4, -0.2) is 35.1 Å². The SMILES string of the molecule is CCCCN(CCCCC(=O)O)C1CC1.Cl. The highest BCUT2D eigenvalue weighted by Crippen LogP contribution is 2.27. The summed E-state index contributed by atoms with van der Waals surface area (Å²) in [5, 5.41) is 8.53. The number of carbonyl (C=O) groups is 1. The molecular weight excluding hydrogens is 226 g/mol. The Morgan fingerprint density at radius 2 is 1.88 bits per heavy atom. The molecule has 0 spiro atoms. The second-order valence-corrected chi connectivity index (χ2v) is 4.47.